The Bertz CT molecular complexity index is 821. The number of ether oxygens (including phenoxy) is 4. The molecule has 0 spiro atoms. The number of carbonyl (C=O) groups is 2. The third kappa shape index (κ3) is 4.59. The highest BCUT2D eigenvalue weighted by Gasteiger charge is 2.49. The molecule has 1 aliphatic heterocycles. The van der Waals surface area contributed by atoms with Crippen molar-refractivity contribution in [3.05, 3.63) is 33.1 Å². The van der Waals surface area contributed by atoms with Crippen molar-refractivity contribution in [3.63, 3.8) is 0 Å². The predicted molar refractivity (Wildman–Crippen MR) is 86.0 cm³/mol. The van der Waals surface area contributed by atoms with Crippen LogP contribution in [0.15, 0.2) is 21.9 Å². The topological polar surface area (TPSA) is 126 Å². The van der Waals surface area contributed by atoms with Gasteiger partial charge in [-0.25, -0.2) is 4.79 Å². The van der Waals surface area contributed by atoms with Crippen LogP contribution in [0.4, 0.5) is 0 Å². The molecule has 0 bridgehead atoms. The molecule has 0 saturated carbocycles. The van der Waals surface area contributed by atoms with Gasteiger partial charge >= 0.3 is 17.6 Å². The maximum atomic E-state index is 12.1. The Morgan fingerprint density at radius 2 is 2.04 bits per heavy atom. The van der Waals surface area contributed by atoms with Crippen molar-refractivity contribution < 1.29 is 28.5 Å². The van der Waals surface area contributed by atoms with E-state index in [0.29, 0.717) is 0 Å². The summed E-state index contributed by atoms with van der Waals surface area (Å²) in [6, 6.07) is 1.12. The van der Waals surface area contributed by atoms with Gasteiger partial charge in [-0.3, -0.25) is 23.9 Å². The zero-order chi connectivity index (χ0) is 19.3. The second kappa shape index (κ2) is 8.46. The maximum absolute atomic E-state index is 12.1. The first-order valence-electron chi connectivity index (χ1n) is 7.66. The van der Waals surface area contributed by atoms with Gasteiger partial charge in [0.25, 0.3) is 5.56 Å². The Labute approximate surface area is 148 Å². The number of esters is 2. The standard InChI is InChI=1S/C16H18N2O8/c1-4-7-23-13-11(8-24-9(2)19)26-15(14(13)25-10(3)20)18-6-5-12(21)17-16(18)22/h1,5-6,11,13-15H,7-8H2,2-3H3,(H,17,21,22)/t11-,13-,14-,15-/m1/s1. The fraction of sp³-hybridized carbons (Fsp3) is 0.500. The monoisotopic (exact) mass is 366 g/mol. The van der Waals surface area contributed by atoms with Gasteiger partial charge in [0.1, 0.15) is 25.4 Å². The van der Waals surface area contributed by atoms with Crippen LogP contribution in [0.25, 0.3) is 0 Å². The van der Waals surface area contributed by atoms with Crippen molar-refractivity contribution in [2.75, 3.05) is 13.2 Å². The average Bonchev–Trinajstić information content (AvgIpc) is 2.88. The number of terminal acetylenes is 1. The molecule has 1 aliphatic rings. The van der Waals surface area contributed by atoms with E-state index in [9.17, 15) is 19.2 Å². The summed E-state index contributed by atoms with van der Waals surface area (Å²) in [5.41, 5.74) is -1.35. The van der Waals surface area contributed by atoms with E-state index >= 15 is 0 Å². The first-order valence-corrected chi connectivity index (χ1v) is 7.66. The Balaban J connectivity index is 2.38. The quantitative estimate of drug-likeness (QED) is 0.499. The zero-order valence-electron chi connectivity index (χ0n) is 14.2. The number of aromatic amines is 1. The normalized spacial score (nSPS) is 24.7. The SMILES string of the molecule is C#CCO[C@H]1[C@@H](OC(C)=O)[C@H](n2ccc(=O)[nH]c2=O)O[C@@H]1COC(C)=O. The average molecular weight is 366 g/mol. The van der Waals surface area contributed by atoms with Crippen molar-refractivity contribution in [3.8, 4) is 12.3 Å². The molecule has 1 aromatic rings. The predicted octanol–water partition coefficient (Wildman–Crippen LogP) is -1.05. The maximum Gasteiger partial charge on any atom is 0.330 e. The second-order valence-corrected chi connectivity index (χ2v) is 5.44. The molecule has 0 unspecified atom stereocenters. The number of nitrogens with one attached hydrogen (secondary N) is 1. The van der Waals surface area contributed by atoms with Crippen molar-refractivity contribution in [2.24, 2.45) is 0 Å². The fourth-order valence-corrected chi connectivity index (χ4v) is 2.56. The van der Waals surface area contributed by atoms with Gasteiger partial charge in [0.15, 0.2) is 12.3 Å². The van der Waals surface area contributed by atoms with Gasteiger partial charge in [-0.2, -0.15) is 0 Å². The number of nitrogens with zero attached hydrogens (tertiary/aromatic N) is 1. The number of carbonyl (C=O) groups excluding carboxylic acids is 2. The van der Waals surface area contributed by atoms with Crippen LogP contribution in [-0.2, 0) is 28.5 Å². The minimum atomic E-state index is -1.11. The Kier molecular flexibility index (Phi) is 6.32. The highest BCUT2D eigenvalue weighted by Crippen LogP contribution is 2.33. The van der Waals surface area contributed by atoms with Gasteiger partial charge in [-0.05, 0) is 0 Å². The van der Waals surface area contributed by atoms with Crippen molar-refractivity contribution in [1.82, 2.24) is 9.55 Å². The van der Waals surface area contributed by atoms with E-state index in [1.165, 1.54) is 20.0 Å². The van der Waals surface area contributed by atoms with Crippen LogP contribution >= 0.6 is 0 Å². The van der Waals surface area contributed by atoms with Crippen LogP contribution in [0, 0.1) is 12.3 Å². The summed E-state index contributed by atoms with van der Waals surface area (Å²) in [4.78, 5) is 48.0. The summed E-state index contributed by atoms with van der Waals surface area (Å²) in [6.07, 6.45) is 2.51. The van der Waals surface area contributed by atoms with Crippen LogP contribution in [0.5, 0.6) is 0 Å². The molecule has 1 N–H and O–H groups in total. The molecule has 26 heavy (non-hydrogen) atoms. The molecule has 1 fully saturated rings. The molecule has 1 saturated heterocycles. The molecule has 0 aliphatic carbocycles. The van der Waals surface area contributed by atoms with E-state index in [1.807, 2.05) is 0 Å². The smallest absolute Gasteiger partial charge is 0.330 e. The number of H-pyrrole nitrogens is 1. The van der Waals surface area contributed by atoms with Gasteiger partial charge in [0.2, 0.25) is 0 Å². The molecule has 4 atom stereocenters. The molecule has 140 valence electrons. The van der Waals surface area contributed by atoms with Crippen molar-refractivity contribution in [1.29, 1.82) is 0 Å². The van der Waals surface area contributed by atoms with Gasteiger partial charge in [0, 0.05) is 26.1 Å². The van der Waals surface area contributed by atoms with E-state index in [1.54, 1.807) is 0 Å². The first kappa shape index (κ1) is 19.4. The fourth-order valence-electron chi connectivity index (χ4n) is 2.56. The molecule has 10 nitrogen and oxygen atoms in total. The molecular weight excluding hydrogens is 348 g/mol. The van der Waals surface area contributed by atoms with E-state index in [4.69, 9.17) is 25.4 Å². The minimum absolute atomic E-state index is 0.115. The van der Waals surface area contributed by atoms with Crippen molar-refractivity contribution in [2.45, 2.75) is 38.4 Å². The molecule has 0 radical (unpaired) electrons. The highest BCUT2D eigenvalue weighted by atomic mass is 16.6. The third-order valence-electron chi connectivity index (χ3n) is 3.52. The molecule has 2 heterocycles. The Morgan fingerprint density at radius 1 is 1.31 bits per heavy atom. The number of hydrogen-bond acceptors (Lipinski definition) is 8. The number of aromatic nitrogens is 2. The molecular formula is C16H18N2O8. The summed E-state index contributed by atoms with van der Waals surface area (Å²) in [5.74, 6) is 1.11. The Hall–Kier alpha value is -2.90. The van der Waals surface area contributed by atoms with E-state index in [2.05, 4.69) is 10.9 Å². The lowest BCUT2D eigenvalue weighted by Gasteiger charge is -2.23. The van der Waals surface area contributed by atoms with Crippen LogP contribution in [-0.4, -0.2) is 53.0 Å². The summed E-state index contributed by atoms with van der Waals surface area (Å²) in [5, 5.41) is 0. The molecule has 0 amide bonds. The highest BCUT2D eigenvalue weighted by molar-refractivity contribution is 5.66. The van der Waals surface area contributed by atoms with Crippen LogP contribution < -0.4 is 11.2 Å². The second-order valence-electron chi connectivity index (χ2n) is 5.44. The molecule has 2 rings (SSSR count). The van der Waals surface area contributed by atoms with Crippen LogP contribution in [0.3, 0.4) is 0 Å². The zero-order valence-corrected chi connectivity index (χ0v) is 14.2. The number of hydrogen-bond donors (Lipinski definition) is 1. The largest absolute Gasteiger partial charge is 0.463 e. The summed E-state index contributed by atoms with van der Waals surface area (Å²) >= 11 is 0. The lowest BCUT2D eigenvalue weighted by molar-refractivity contribution is -0.157. The van der Waals surface area contributed by atoms with Crippen LogP contribution in [0.2, 0.25) is 0 Å². The van der Waals surface area contributed by atoms with Gasteiger partial charge in [0.05, 0.1) is 0 Å². The minimum Gasteiger partial charge on any atom is -0.463 e. The lowest BCUT2D eigenvalue weighted by Crippen LogP contribution is -2.41. The summed E-state index contributed by atoms with van der Waals surface area (Å²) in [7, 11) is 0. The summed E-state index contributed by atoms with van der Waals surface area (Å²) < 4.78 is 22.5. The molecule has 10 heteroatoms. The van der Waals surface area contributed by atoms with E-state index in [-0.39, 0.29) is 13.2 Å². The van der Waals surface area contributed by atoms with Crippen LogP contribution in [0.1, 0.15) is 20.1 Å². The Morgan fingerprint density at radius 3 is 2.62 bits per heavy atom. The molecule has 1 aromatic heterocycles. The van der Waals surface area contributed by atoms with Gasteiger partial charge < -0.3 is 18.9 Å². The van der Waals surface area contributed by atoms with E-state index in [0.717, 1.165) is 10.6 Å². The number of rotatable bonds is 6. The first-order chi connectivity index (χ1) is 12.3. The van der Waals surface area contributed by atoms with E-state index < -0.39 is 47.7 Å². The van der Waals surface area contributed by atoms with Crippen molar-refractivity contribution >= 4 is 11.9 Å². The molecule has 0 aromatic carbocycles. The van der Waals surface area contributed by atoms with Gasteiger partial charge in [-0.15, -0.1) is 6.42 Å². The lowest BCUT2D eigenvalue weighted by atomic mass is 10.1. The third-order valence-corrected chi connectivity index (χ3v) is 3.52. The van der Waals surface area contributed by atoms with Gasteiger partial charge in [-0.1, -0.05) is 5.92 Å². The summed E-state index contributed by atoms with van der Waals surface area (Å²) in [6.45, 7) is 2.09.